The number of benzene rings is 3. The van der Waals surface area contributed by atoms with Crippen molar-refractivity contribution in [3.63, 3.8) is 0 Å². The van der Waals surface area contributed by atoms with Crippen LogP contribution in [0.15, 0.2) is 66.7 Å². The molecular formula is C22H19N3O5. The number of ether oxygens (including phenoxy) is 2. The van der Waals surface area contributed by atoms with E-state index in [1.54, 1.807) is 36.4 Å². The number of hydrogen-bond acceptors (Lipinski definition) is 6. The Labute approximate surface area is 172 Å². The van der Waals surface area contributed by atoms with E-state index in [2.05, 4.69) is 5.32 Å². The second-order valence-corrected chi connectivity index (χ2v) is 6.63. The van der Waals surface area contributed by atoms with Crippen LogP contribution in [0.2, 0.25) is 0 Å². The fraction of sp³-hybridized carbons (Fsp3) is 0.136. The number of hydrogen-bond donors (Lipinski definition) is 1. The highest BCUT2D eigenvalue weighted by Crippen LogP contribution is 2.43. The second-order valence-electron chi connectivity index (χ2n) is 6.63. The predicted octanol–water partition coefficient (Wildman–Crippen LogP) is 4.38. The summed E-state index contributed by atoms with van der Waals surface area (Å²) in [5.41, 5.74) is 1.80. The molecule has 0 spiro atoms. The van der Waals surface area contributed by atoms with Gasteiger partial charge in [0.15, 0.2) is 11.5 Å². The number of nitro benzene ring substituents is 1. The lowest BCUT2D eigenvalue weighted by Crippen LogP contribution is -2.43. The number of nitrogens with one attached hydrogen (secondary N) is 1. The van der Waals surface area contributed by atoms with Gasteiger partial charge in [-0.05, 0) is 30.3 Å². The molecule has 0 unspecified atom stereocenters. The van der Waals surface area contributed by atoms with E-state index in [-0.39, 0.29) is 22.9 Å². The minimum absolute atomic E-state index is 0.182. The van der Waals surface area contributed by atoms with E-state index >= 15 is 0 Å². The first-order valence-electron chi connectivity index (χ1n) is 9.19. The highest BCUT2D eigenvalue weighted by Gasteiger charge is 2.38. The Hall–Kier alpha value is -4.07. The quantitative estimate of drug-likeness (QED) is 0.500. The van der Waals surface area contributed by atoms with Crippen molar-refractivity contribution >= 4 is 23.0 Å². The van der Waals surface area contributed by atoms with Gasteiger partial charge in [-0.25, -0.2) is 0 Å². The number of rotatable bonds is 5. The lowest BCUT2D eigenvalue weighted by atomic mass is 10.0. The van der Waals surface area contributed by atoms with Crippen LogP contribution in [-0.2, 0) is 0 Å². The molecule has 30 heavy (non-hydrogen) atoms. The molecule has 8 nitrogen and oxygen atoms in total. The monoisotopic (exact) mass is 405 g/mol. The molecule has 152 valence electrons. The van der Waals surface area contributed by atoms with Gasteiger partial charge in [-0.2, -0.15) is 0 Å². The van der Waals surface area contributed by atoms with E-state index in [1.807, 2.05) is 18.2 Å². The third kappa shape index (κ3) is 3.18. The van der Waals surface area contributed by atoms with Crippen LogP contribution in [0.4, 0.5) is 17.1 Å². The molecule has 1 aliphatic rings. The predicted molar refractivity (Wildman–Crippen MR) is 112 cm³/mol. The van der Waals surface area contributed by atoms with Crippen molar-refractivity contribution in [2.45, 2.75) is 6.17 Å². The molecule has 3 aromatic carbocycles. The Morgan fingerprint density at radius 1 is 0.967 bits per heavy atom. The highest BCUT2D eigenvalue weighted by atomic mass is 16.6. The number of para-hydroxylation sites is 2. The standard InChI is InChI=1S/C22H19N3O5/c1-29-19-12-16(18(25(27)28)13-20(19)30-2)21-23-17-11-7-6-10-15(17)22(26)24(21)14-8-4-3-5-9-14/h3-13,21,23H,1-2H3/t21-/m1/s1. The van der Waals surface area contributed by atoms with Crippen LogP contribution in [-0.4, -0.2) is 25.1 Å². The summed E-state index contributed by atoms with van der Waals surface area (Å²) < 4.78 is 10.6. The molecule has 1 heterocycles. The number of carbonyl (C=O) groups excluding carboxylic acids is 1. The first kappa shape index (κ1) is 19.3. The van der Waals surface area contributed by atoms with Gasteiger partial charge >= 0.3 is 0 Å². The molecule has 0 bridgehead atoms. The van der Waals surface area contributed by atoms with Crippen molar-refractivity contribution in [2.75, 3.05) is 24.4 Å². The zero-order valence-corrected chi connectivity index (χ0v) is 16.4. The minimum Gasteiger partial charge on any atom is -0.493 e. The van der Waals surface area contributed by atoms with Gasteiger partial charge in [0.1, 0.15) is 6.17 Å². The van der Waals surface area contributed by atoms with E-state index in [0.717, 1.165) is 0 Å². The lowest BCUT2D eigenvalue weighted by Gasteiger charge is -2.38. The van der Waals surface area contributed by atoms with Crippen LogP contribution in [0.1, 0.15) is 22.1 Å². The normalized spacial score (nSPS) is 15.2. The maximum Gasteiger partial charge on any atom is 0.280 e. The molecule has 1 atom stereocenters. The summed E-state index contributed by atoms with van der Waals surface area (Å²) in [7, 11) is 2.87. The molecule has 1 aliphatic heterocycles. The van der Waals surface area contributed by atoms with Crippen molar-refractivity contribution in [2.24, 2.45) is 0 Å². The summed E-state index contributed by atoms with van der Waals surface area (Å²) in [6.07, 6.45) is -0.824. The van der Waals surface area contributed by atoms with Crippen LogP contribution in [0.5, 0.6) is 11.5 Å². The number of nitrogens with zero attached hydrogens (tertiary/aromatic N) is 2. The summed E-state index contributed by atoms with van der Waals surface area (Å²) in [5.74, 6) is 0.311. The molecule has 1 N–H and O–H groups in total. The fourth-order valence-electron chi connectivity index (χ4n) is 3.59. The maximum atomic E-state index is 13.4. The first-order valence-corrected chi connectivity index (χ1v) is 9.19. The van der Waals surface area contributed by atoms with Gasteiger partial charge < -0.3 is 14.8 Å². The van der Waals surface area contributed by atoms with Gasteiger partial charge in [0, 0.05) is 11.4 Å². The minimum atomic E-state index is -0.824. The average molecular weight is 405 g/mol. The molecule has 0 fully saturated rings. The van der Waals surface area contributed by atoms with E-state index in [1.165, 1.54) is 31.3 Å². The molecule has 3 aromatic rings. The fourth-order valence-corrected chi connectivity index (χ4v) is 3.59. The van der Waals surface area contributed by atoms with E-state index in [4.69, 9.17) is 9.47 Å². The van der Waals surface area contributed by atoms with Crippen LogP contribution in [0.3, 0.4) is 0 Å². The Bertz CT molecular complexity index is 1120. The van der Waals surface area contributed by atoms with Crippen molar-refractivity contribution in [3.05, 3.63) is 88.0 Å². The van der Waals surface area contributed by atoms with Crippen molar-refractivity contribution in [1.29, 1.82) is 0 Å². The summed E-state index contributed by atoms with van der Waals surface area (Å²) in [6.45, 7) is 0. The number of carbonyl (C=O) groups is 1. The van der Waals surface area contributed by atoms with Crippen LogP contribution in [0.25, 0.3) is 0 Å². The molecule has 1 amide bonds. The average Bonchev–Trinajstić information content (AvgIpc) is 2.78. The zero-order chi connectivity index (χ0) is 21.3. The maximum absolute atomic E-state index is 13.4. The number of fused-ring (bicyclic) bond motifs is 1. The molecule has 0 radical (unpaired) electrons. The largest absolute Gasteiger partial charge is 0.493 e. The van der Waals surface area contributed by atoms with Crippen molar-refractivity contribution in [3.8, 4) is 11.5 Å². The number of methoxy groups -OCH3 is 2. The molecule has 0 saturated carbocycles. The van der Waals surface area contributed by atoms with Crippen molar-refractivity contribution in [1.82, 2.24) is 0 Å². The SMILES string of the molecule is COc1cc([C@@H]2Nc3ccccc3C(=O)N2c2ccccc2)c([N+](=O)[O-])cc1OC. The molecule has 0 aromatic heterocycles. The summed E-state index contributed by atoms with van der Waals surface area (Å²) in [4.78, 5) is 26.3. The summed E-state index contributed by atoms with van der Waals surface area (Å²) >= 11 is 0. The lowest BCUT2D eigenvalue weighted by molar-refractivity contribution is -0.385. The topological polar surface area (TPSA) is 93.9 Å². The first-order chi connectivity index (χ1) is 14.5. The highest BCUT2D eigenvalue weighted by molar-refractivity contribution is 6.12. The van der Waals surface area contributed by atoms with Gasteiger partial charge in [-0.3, -0.25) is 19.8 Å². The van der Waals surface area contributed by atoms with Crippen molar-refractivity contribution < 1.29 is 19.2 Å². The van der Waals surface area contributed by atoms with Gasteiger partial charge in [0.05, 0.1) is 36.3 Å². The van der Waals surface area contributed by atoms with Crippen LogP contribution < -0.4 is 19.7 Å². The van der Waals surface area contributed by atoms with Crippen LogP contribution in [0, 0.1) is 10.1 Å². The molecular weight excluding hydrogens is 386 g/mol. The van der Waals surface area contributed by atoms with E-state index in [9.17, 15) is 14.9 Å². The Morgan fingerprint density at radius 2 is 1.60 bits per heavy atom. The molecule has 0 aliphatic carbocycles. The Balaban J connectivity index is 1.95. The second kappa shape index (κ2) is 7.75. The van der Waals surface area contributed by atoms with E-state index < -0.39 is 11.1 Å². The number of anilines is 2. The molecule has 0 saturated heterocycles. The Morgan fingerprint density at radius 3 is 2.27 bits per heavy atom. The summed E-state index contributed by atoms with van der Waals surface area (Å²) in [6, 6.07) is 18.9. The van der Waals surface area contributed by atoms with Gasteiger partial charge in [-0.15, -0.1) is 0 Å². The smallest absolute Gasteiger partial charge is 0.280 e. The Kier molecular flexibility index (Phi) is 4.97. The zero-order valence-electron chi connectivity index (χ0n) is 16.4. The third-order valence-corrected chi connectivity index (χ3v) is 4.99. The summed E-state index contributed by atoms with van der Waals surface area (Å²) in [5, 5.41) is 15.2. The molecule has 8 heteroatoms. The molecule has 4 rings (SSSR count). The van der Waals surface area contributed by atoms with E-state index in [0.29, 0.717) is 22.7 Å². The van der Waals surface area contributed by atoms with Crippen LogP contribution >= 0.6 is 0 Å². The number of amides is 1. The third-order valence-electron chi connectivity index (χ3n) is 4.99. The van der Waals surface area contributed by atoms with Gasteiger partial charge in [0.2, 0.25) is 0 Å². The van der Waals surface area contributed by atoms with Gasteiger partial charge in [0.25, 0.3) is 11.6 Å². The van der Waals surface area contributed by atoms with Gasteiger partial charge in [-0.1, -0.05) is 30.3 Å². The number of nitro groups is 1.